The number of aryl methyl sites for hydroxylation is 1. The van der Waals surface area contributed by atoms with Crippen LogP contribution in [0.25, 0.3) is 11.0 Å². The van der Waals surface area contributed by atoms with Gasteiger partial charge in [-0.3, -0.25) is 4.79 Å². The topological polar surface area (TPSA) is 128 Å². The van der Waals surface area contributed by atoms with Crippen LogP contribution in [0.1, 0.15) is 37.1 Å². The fraction of sp³-hybridized carbons (Fsp3) is 0.320. The number of carbonyl (C=O) groups is 1. The zero-order valence-corrected chi connectivity index (χ0v) is 20.5. The quantitative estimate of drug-likeness (QED) is 0.186. The van der Waals surface area contributed by atoms with Gasteiger partial charge in [0, 0.05) is 24.7 Å². The fourth-order valence-corrected chi connectivity index (χ4v) is 4.76. The average molecular weight is 491 g/mol. The molecule has 4 N–H and O–H groups in total. The predicted octanol–water partition coefficient (Wildman–Crippen LogP) is 2.76. The zero-order chi connectivity index (χ0) is 25.1. The fourth-order valence-electron chi connectivity index (χ4n) is 4.55. The summed E-state index contributed by atoms with van der Waals surface area (Å²) in [4.78, 5) is 27.0. The summed E-state index contributed by atoms with van der Waals surface area (Å²) in [6.07, 6.45) is 5.94. The van der Waals surface area contributed by atoms with E-state index in [-0.39, 0.29) is 29.4 Å². The number of aromatic nitrogens is 4. The first-order chi connectivity index (χ1) is 16.9. The van der Waals surface area contributed by atoms with Gasteiger partial charge in [-0.25, -0.2) is 15.0 Å². The minimum absolute atomic E-state index is 0.0740. The third-order valence-corrected chi connectivity index (χ3v) is 6.60. The molecule has 4 rings (SSSR count). The van der Waals surface area contributed by atoms with Crippen molar-refractivity contribution in [3.63, 3.8) is 0 Å². The van der Waals surface area contributed by atoms with Crippen molar-refractivity contribution < 1.29 is 4.79 Å². The SMILES string of the molecule is C=CC(=O)N1C[C@@H](Cc2ncnc(N)c2/C(C#Cc2cc3ncn(CC)c3cc2Cl)=N\N)C[C@@H]1C. The number of benzene rings is 1. The number of halogens is 1. The number of hydrogen-bond donors (Lipinski definition) is 2. The molecule has 180 valence electrons. The number of imidazole rings is 1. The van der Waals surface area contributed by atoms with E-state index in [1.807, 2.05) is 35.4 Å². The first kappa shape index (κ1) is 24.2. The maximum atomic E-state index is 12.1. The van der Waals surface area contributed by atoms with Crippen molar-refractivity contribution in [3.8, 4) is 11.8 Å². The minimum atomic E-state index is -0.0740. The van der Waals surface area contributed by atoms with E-state index >= 15 is 0 Å². The van der Waals surface area contributed by atoms with Gasteiger partial charge < -0.3 is 21.0 Å². The molecule has 1 fully saturated rings. The van der Waals surface area contributed by atoms with Crippen molar-refractivity contribution in [2.75, 3.05) is 12.3 Å². The highest BCUT2D eigenvalue weighted by atomic mass is 35.5. The smallest absolute Gasteiger partial charge is 0.246 e. The highest BCUT2D eigenvalue weighted by Crippen LogP contribution is 2.28. The number of carbonyl (C=O) groups excluding carboxylic acids is 1. The second-order valence-electron chi connectivity index (χ2n) is 8.51. The average Bonchev–Trinajstić information content (AvgIpc) is 3.42. The molecule has 2 aromatic heterocycles. The lowest BCUT2D eigenvalue weighted by molar-refractivity contribution is -0.126. The van der Waals surface area contributed by atoms with Gasteiger partial charge in [0.2, 0.25) is 5.91 Å². The van der Waals surface area contributed by atoms with Gasteiger partial charge in [0.25, 0.3) is 0 Å². The third-order valence-electron chi connectivity index (χ3n) is 6.29. The number of fused-ring (bicyclic) bond motifs is 1. The molecule has 0 radical (unpaired) electrons. The molecular weight excluding hydrogens is 464 g/mol. The van der Waals surface area contributed by atoms with Crippen molar-refractivity contribution in [2.24, 2.45) is 16.9 Å². The minimum Gasteiger partial charge on any atom is -0.383 e. The lowest BCUT2D eigenvalue weighted by Crippen LogP contribution is -2.32. The van der Waals surface area contributed by atoms with Gasteiger partial charge in [0.1, 0.15) is 17.9 Å². The molecule has 1 amide bonds. The highest BCUT2D eigenvalue weighted by Gasteiger charge is 2.32. The molecule has 0 spiro atoms. The molecule has 1 aromatic carbocycles. The number of anilines is 1. The lowest BCUT2D eigenvalue weighted by atomic mass is 9.96. The molecule has 10 heteroatoms. The van der Waals surface area contributed by atoms with Gasteiger partial charge in [0.05, 0.1) is 33.6 Å². The van der Waals surface area contributed by atoms with Gasteiger partial charge in [-0.2, -0.15) is 5.10 Å². The van der Waals surface area contributed by atoms with Gasteiger partial charge in [0.15, 0.2) is 0 Å². The van der Waals surface area contributed by atoms with Crippen LogP contribution in [-0.4, -0.2) is 48.6 Å². The monoisotopic (exact) mass is 490 g/mol. The third kappa shape index (κ3) is 4.84. The molecule has 0 bridgehead atoms. The zero-order valence-electron chi connectivity index (χ0n) is 19.7. The summed E-state index contributed by atoms with van der Waals surface area (Å²) in [7, 11) is 0. The van der Waals surface area contributed by atoms with E-state index in [2.05, 4.69) is 38.5 Å². The first-order valence-corrected chi connectivity index (χ1v) is 11.7. The number of amides is 1. The summed E-state index contributed by atoms with van der Waals surface area (Å²) in [5.74, 6) is 12.1. The van der Waals surface area contributed by atoms with Gasteiger partial charge in [-0.15, -0.1) is 0 Å². The van der Waals surface area contributed by atoms with Crippen LogP contribution in [0.2, 0.25) is 5.02 Å². The second kappa shape index (κ2) is 10.2. The Balaban J connectivity index is 1.64. The van der Waals surface area contributed by atoms with Crippen molar-refractivity contribution in [2.45, 2.75) is 39.3 Å². The summed E-state index contributed by atoms with van der Waals surface area (Å²) in [6.45, 7) is 9.06. The molecule has 3 aromatic rings. The molecule has 9 nitrogen and oxygen atoms in total. The Morgan fingerprint density at radius 2 is 2.17 bits per heavy atom. The van der Waals surface area contributed by atoms with Gasteiger partial charge in [-0.05, 0) is 56.7 Å². The molecule has 0 saturated carbocycles. The van der Waals surface area contributed by atoms with Crippen LogP contribution >= 0.6 is 11.6 Å². The maximum absolute atomic E-state index is 12.1. The summed E-state index contributed by atoms with van der Waals surface area (Å²) >= 11 is 6.50. The first-order valence-electron chi connectivity index (χ1n) is 11.3. The molecule has 3 heterocycles. The predicted molar refractivity (Wildman–Crippen MR) is 138 cm³/mol. The molecule has 2 atom stereocenters. The number of nitrogen functional groups attached to an aromatic ring is 1. The molecule has 0 unspecified atom stereocenters. The van der Waals surface area contributed by atoms with Crippen LogP contribution in [0.15, 0.2) is 42.5 Å². The van der Waals surface area contributed by atoms with Crippen LogP contribution in [0.3, 0.4) is 0 Å². The Kier molecular flexibility index (Phi) is 7.03. The highest BCUT2D eigenvalue weighted by molar-refractivity contribution is 6.32. The molecule has 1 aliphatic rings. The number of nitrogens with two attached hydrogens (primary N) is 2. The molecule has 1 saturated heterocycles. The van der Waals surface area contributed by atoms with E-state index in [1.165, 1.54) is 12.4 Å². The van der Waals surface area contributed by atoms with Crippen molar-refractivity contribution in [1.29, 1.82) is 0 Å². The van der Waals surface area contributed by atoms with Gasteiger partial charge in [-0.1, -0.05) is 24.1 Å². The van der Waals surface area contributed by atoms with Crippen LogP contribution in [-0.2, 0) is 17.8 Å². The van der Waals surface area contributed by atoms with Crippen molar-refractivity contribution in [3.05, 3.63) is 59.3 Å². The molecule has 0 aliphatic carbocycles. The Hall–Kier alpha value is -3.90. The Morgan fingerprint density at radius 3 is 2.89 bits per heavy atom. The molecule has 35 heavy (non-hydrogen) atoms. The summed E-state index contributed by atoms with van der Waals surface area (Å²) < 4.78 is 2.01. The van der Waals surface area contributed by atoms with Gasteiger partial charge >= 0.3 is 0 Å². The summed E-state index contributed by atoms with van der Waals surface area (Å²) in [5, 5.41) is 4.39. The van der Waals surface area contributed by atoms with E-state index in [4.69, 9.17) is 23.2 Å². The Morgan fingerprint density at radius 1 is 1.37 bits per heavy atom. The summed E-state index contributed by atoms with van der Waals surface area (Å²) in [5.41, 5.74) is 9.99. The van der Waals surface area contributed by atoms with Crippen molar-refractivity contribution >= 4 is 40.1 Å². The number of hydrogen-bond acceptors (Lipinski definition) is 7. The van der Waals surface area contributed by atoms with Crippen LogP contribution in [0.5, 0.6) is 0 Å². The maximum Gasteiger partial charge on any atom is 0.246 e. The van der Waals surface area contributed by atoms with E-state index in [1.54, 1.807) is 6.33 Å². The van der Waals surface area contributed by atoms with E-state index in [9.17, 15) is 4.79 Å². The Bertz CT molecular complexity index is 1380. The van der Waals surface area contributed by atoms with Crippen molar-refractivity contribution in [1.82, 2.24) is 24.4 Å². The van der Waals surface area contributed by atoms with Crippen LogP contribution in [0, 0.1) is 17.8 Å². The Labute approximate surface area is 208 Å². The summed E-state index contributed by atoms with van der Waals surface area (Å²) in [6, 6.07) is 3.80. The van der Waals surface area contributed by atoms with Crippen LogP contribution < -0.4 is 11.6 Å². The normalized spacial score (nSPS) is 17.9. The van der Waals surface area contributed by atoms with E-state index in [0.29, 0.717) is 34.8 Å². The molecular formula is C25H27ClN8O. The second-order valence-corrected chi connectivity index (χ2v) is 8.92. The standard InChI is InChI=1S/C25H27ClN8O/c1-4-23(35)34-12-16(8-15(34)3)9-21-24(25(27)30-13-29-21)19(32-28)7-6-17-10-20-22(11-18(17)26)33(5-2)14-31-20/h4,10-11,13-16H,1,5,8-9,12,28H2,2-3H3,(H2,27,29,30)/b32-19-/t15-,16+/m0/s1. The lowest BCUT2D eigenvalue weighted by Gasteiger charge is -2.19. The van der Waals surface area contributed by atoms with E-state index < -0.39 is 0 Å². The number of rotatable bonds is 5. The number of nitrogens with zero attached hydrogens (tertiary/aromatic N) is 6. The largest absolute Gasteiger partial charge is 0.383 e. The number of likely N-dealkylation sites (tertiary alicyclic amines) is 1. The van der Waals surface area contributed by atoms with E-state index in [0.717, 1.165) is 24.0 Å². The van der Waals surface area contributed by atoms with Crippen LogP contribution in [0.4, 0.5) is 5.82 Å². The molecule has 1 aliphatic heterocycles. The number of hydrazone groups is 1.